The number of pyridine rings is 1. The summed E-state index contributed by atoms with van der Waals surface area (Å²) in [7, 11) is 0. The van der Waals surface area contributed by atoms with Crippen molar-refractivity contribution in [1.82, 2.24) is 9.47 Å². The highest BCUT2D eigenvalue weighted by Crippen LogP contribution is 2.07. The van der Waals surface area contributed by atoms with Crippen LogP contribution in [0.4, 0.5) is 5.69 Å². The van der Waals surface area contributed by atoms with Crippen molar-refractivity contribution < 1.29 is 0 Å². The molecule has 0 unspecified atom stereocenters. The molecule has 0 spiro atoms. The van der Waals surface area contributed by atoms with Gasteiger partial charge in [0.25, 0.3) is 5.56 Å². The Labute approximate surface area is 129 Å². The Bertz CT molecular complexity index is 453. The van der Waals surface area contributed by atoms with Crippen LogP contribution in [0, 0.1) is 11.8 Å². The van der Waals surface area contributed by atoms with E-state index in [0.717, 1.165) is 19.6 Å². The van der Waals surface area contributed by atoms with Gasteiger partial charge < -0.3 is 15.2 Å². The lowest BCUT2D eigenvalue weighted by molar-refractivity contribution is 0.234. The first kappa shape index (κ1) is 17.8. The maximum Gasteiger partial charge on any atom is 0.250 e. The second-order valence-corrected chi connectivity index (χ2v) is 6.70. The largest absolute Gasteiger partial charge is 0.398 e. The molecule has 0 radical (unpaired) electrons. The van der Waals surface area contributed by atoms with Gasteiger partial charge in [-0.15, -0.1) is 0 Å². The number of nitrogens with two attached hydrogens (primary N) is 1. The highest BCUT2D eigenvalue weighted by atomic mass is 16.1. The maximum absolute atomic E-state index is 11.8. The number of hydrogen-bond donors (Lipinski definition) is 1. The van der Waals surface area contributed by atoms with Crippen LogP contribution in [0.1, 0.15) is 40.5 Å². The van der Waals surface area contributed by atoms with Gasteiger partial charge in [-0.3, -0.25) is 4.79 Å². The van der Waals surface area contributed by atoms with Crippen molar-refractivity contribution in [2.75, 3.05) is 25.4 Å². The van der Waals surface area contributed by atoms with Crippen LogP contribution in [-0.4, -0.2) is 29.1 Å². The predicted molar refractivity (Wildman–Crippen MR) is 90.5 cm³/mol. The highest BCUT2D eigenvalue weighted by molar-refractivity contribution is 5.33. The normalized spacial score (nSPS) is 11.8. The smallest absolute Gasteiger partial charge is 0.250 e. The Hall–Kier alpha value is -1.29. The molecule has 0 aromatic carbocycles. The SMILES string of the molecule is CC(C)CCN(CCC(C)C)CCn1cc(N)ccc1=O. The molecule has 0 saturated carbocycles. The lowest BCUT2D eigenvalue weighted by Gasteiger charge is -2.24. The van der Waals surface area contributed by atoms with E-state index in [1.54, 1.807) is 22.9 Å². The Morgan fingerprint density at radius 2 is 1.62 bits per heavy atom. The van der Waals surface area contributed by atoms with E-state index in [1.807, 2.05) is 0 Å². The molecular weight excluding hydrogens is 262 g/mol. The molecule has 1 aromatic rings. The molecule has 120 valence electrons. The van der Waals surface area contributed by atoms with Crippen LogP contribution in [0.15, 0.2) is 23.1 Å². The third kappa shape index (κ3) is 7.32. The zero-order valence-electron chi connectivity index (χ0n) is 14.0. The predicted octanol–water partition coefficient (Wildman–Crippen LogP) is 2.82. The summed E-state index contributed by atoms with van der Waals surface area (Å²) in [5.74, 6) is 1.42. The van der Waals surface area contributed by atoms with Gasteiger partial charge in [-0.2, -0.15) is 0 Å². The molecule has 2 N–H and O–H groups in total. The molecule has 0 fully saturated rings. The topological polar surface area (TPSA) is 51.3 Å². The summed E-state index contributed by atoms with van der Waals surface area (Å²) < 4.78 is 1.72. The van der Waals surface area contributed by atoms with Crippen LogP contribution in [0.5, 0.6) is 0 Å². The fourth-order valence-corrected chi connectivity index (χ4v) is 2.19. The van der Waals surface area contributed by atoms with Gasteiger partial charge in [-0.25, -0.2) is 0 Å². The summed E-state index contributed by atoms with van der Waals surface area (Å²) in [5, 5.41) is 0. The number of anilines is 1. The van der Waals surface area contributed by atoms with Crippen molar-refractivity contribution in [2.24, 2.45) is 11.8 Å². The fraction of sp³-hybridized carbons (Fsp3) is 0.706. The summed E-state index contributed by atoms with van der Waals surface area (Å²) in [6.07, 6.45) is 4.14. The van der Waals surface area contributed by atoms with E-state index in [-0.39, 0.29) is 5.56 Å². The monoisotopic (exact) mass is 293 g/mol. The van der Waals surface area contributed by atoms with Crippen molar-refractivity contribution in [1.29, 1.82) is 0 Å². The molecule has 0 amide bonds. The number of aromatic nitrogens is 1. The van der Waals surface area contributed by atoms with Crippen molar-refractivity contribution in [3.05, 3.63) is 28.7 Å². The third-order valence-electron chi connectivity index (χ3n) is 3.71. The Morgan fingerprint density at radius 3 is 2.14 bits per heavy atom. The average Bonchev–Trinajstić information content (AvgIpc) is 2.41. The summed E-state index contributed by atoms with van der Waals surface area (Å²) >= 11 is 0. The van der Waals surface area contributed by atoms with Crippen molar-refractivity contribution >= 4 is 5.69 Å². The van der Waals surface area contributed by atoms with E-state index < -0.39 is 0 Å². The summed E-state index contributed by atoms with van der Waals surface area (Å²) in [5.41, 5.74) is 6.43. The fourth-order valence-electron chi connectivity index (χ4n) is 2.19. The minimum Gasteiger partial charge on any atom is -0.398 e. The Balaban J connectivity index is 2.58. The van der Waals surface area contributed by atoms with E-state index in [0.29, 0.717) is 24.1 Å². The minimum absolute atomic E-state index is 0.0249. The lowest BCUT2D eigenvalue weighted by atomic mass is 10.1. The second kappa shape index (κ2) is 8.88. The molecule has 1 rings (SSSR count). The van der Waals surface area contributed by atoms with Gasteiger partial charge in [0.05, 0.1) is 0 Å². The van der Waals surface area contributed by atoms with E-state index >= 15 is 0 Å². The number of hydrogen-bond acceptors (Lipinski definition) is 3. The van der Waals surface area contributed by atoms with Gasteiger partial charge >= 0.3 is 0 Å². The van der Waals surface area contributed by atoms with Crippen LogP contribution in [0.2, 0.25) is 0 Å². The van der Waals surface area contributed by atoms with Crippen LogP contribution in [-0.2, 0) is 6.54 Å². The van der Waals surface area contributed by atoms with Gasteiger partial charge in [-0.05, 0) is 43.8 Å². The van der Waals surface area contributed by atoms with E-state index in [2.05, 4.69) is 32.6 Å². The first-order valence-electron chi connectivity index (χ1n) is 8.06. The third-order valence-corrected chi connectivity index (χ3v) is 3.71. The average molecular weight is 293 g/mol. The van der Waals surface area contributed by atoms with Crippen molar-refractivity contribution in [3.63, 3.8) is 0 Å². The van der Waals surface area contributed by atoms with Crippen molar-refractivity contribution in [3.8, 4) is 0 Å². The zero-order chi connectivity index (χ0) is 15.8. The highest BCUT2D eigenvalue weighted by Gasteiger charge is 2.08. The second-order valence-electron chi connectivity index (χ2n) is 6.70. The molecule has 0 aliphatic heterocycles. The van der Waals surface area contributed by atoms with E-state index in [1.165, 1.54) is 12.8 Å². The first-order chi connectivity index (χ1) is 9.88. The molecule has 0 aliphatic rings. The number of nitrogens with zero attached hydrogens (tertiary/aromatic N) is 2. The van der Waals surface area contributed by atoms with Crippen LogP contribution < -0.4 is 11.3 Å². The molecule has 0 aliphatic carbocycles. The van der Waals surface area contributed by atoms with Crippen LogP contribution in [0.25, 0.3) is 0 Å². The number of rotatable bonds is 9. The molecule has 0 bridgehead atoms. The minimum atomic E-state index is 0.0249. The van der Waals surface area contributed by atoms with E-state index in [4.69, 9.17) is 5.73 Å². The summed E-state index contributed by atoms with van der Waals surface area (Å²) in [6.45, 7) is 12.8. The van der Waals surface area contributed by atoms with E-state index in [9.17, 15) is 4.79 Å². The van der Waals surface area contributed by atoms with Gasteiger partial charge in [0.2, 0.25) is 0 Å². The molecule has 1 heterocycles. The molecule has 21 heavy (non-hydrogen) atoms. The maximum atomic E-state index is 11.8. The lowest BCUT2D eigenvalue weighted by Crippen LogP contribution is -2.33. The van der Waals surface area contributed by atoms with Crippen molar-refractivity contribution in [2.45, 2.75) is 47.1 Å². The molecule has 0 saturated heterocycles. The molecule has 4 nitrogen and oxygen atoms in total. The van der Waals surface area contributed by atoms with Gasteiger partial charge in [-0.1, -0.05) is 27.7 Å². The van der Waals surface area contributed by atoms with Gasteiger partial charge in [0.15, 0.2) is 0 Å². The molecule has 0 atom stereocenters. The standard InChI is InChI=1S/C17H31N3O/c1-14(2)7-9-19(10-8-15(3)4)11-12-20-13-16(18)5-6-17(20)21/h5-6,13-15H,7-12,18H2,1-4H3. The van der Waals surface area contributed by atoms with Crippen LogP contribution in [0.3, 0.4) is 0 Å². The molecular formula is C17H31N3O. The summed E-state index contributed by atoms with van der Waals surface area (Å²) in [6, 6.07) is 3.20. The summed E-state index contributed by atoms with van der Waals surface area (Å²) in [4.78, 5) is 14.3. The Kier molecular flexibility index (Phi) is 7.51. The zero-order valence-corrected chi connectivity index (χ0v) is 14.0. The van der Waals surface area contributed by atoms with Gasteiger partial charge in [0, 0.05) is 31.0 Å². The Morgan fingerprint density at radius 1 is 1.05 bits per heavy atom. The molecule has 1 aromatic heterocycles. The number of nitrogen functional groups attached to an aromatic ring is 1. The quantitative estimate of drug-likeness (QED) is 0.761. The van der Waals surface area contributed by atoms with Crippen LogP contribution >= 0.6 is 0 Å². The first-order valence-corrected chi connectivity index (χ1v) is 8.06. The van der Waals surface area contributed by atoms with Gasteiger partial charge in [0.1, 0.15) is 0 Å². The molecule has 4 heteroatoms.